The van der Waals surface area contributed by atoms with Crippen molar-refractivity contribution >= 4 is 10.0 Å². The van der Waals surface area contributed by atoms with Gasteiger partial charge in [-0.25, -0.2) is 12.8 Å². The summed E-state index contributed by atoms with van der Waals surface area (Å²) in [5.74, 6) is -0.428. The van der Waals surface area contributed by atoms with Gasteiger partial charge in [-0.05, 0) is 44.0 Å². The van der Waals surface area contributed by atoms with Gasteiger partial charge in [0.1, 0.15) is 5.82 Å². The molecule has 0 spiro atoms. The van der Waals surface area contributed by atoms with Gasteiger partial charge in [-0.2, -0.15) is 4.31 Å². The Morgan fingerprint density at radius 2 is 1.79 bits per heavy atom. The molecule has 0 aliphatic carbocycles. The molecule has 1 atom stereocenters. The molecule has 108 valence electrons. The zero-order valence-corrected chi connectivity index (χ0v) is 12.6. The quantitative estimate of drug-likeness (QED) is 0.770. The largest absolute Gasteiger partial charge is 0.243 e. The Hall–Kier alpha value is -0.940. The molecule has 0 bridgehead atoms. The molecule has 0 saturated heterocycles. The standard InChI is InChI=1S/C14H22FNO2S/c1-4-6-11-16(12(3)5-2)19(17,18)14-9-7-13(15)8-10-14/h7-10,12H,4-6,11H2,1-3H3. The minimum Gasteiger partial charge on any atom is -0.207 e. The van der Waals surface area contributed by atoms with Crippen LogP contribution in [-0.4, -0.2) is 25.3 Å². The minimum absolute atomic E-state index is 0.0541. The normalized spacial score (nSPS) is 13.7. The van der Waals surface area contributed by atoms with Gasteiger partial charge in [-0.3, -0.25) is 0 Å². The second-order valence-electron chi connectivity index (χ2n) is 4.68. The first-order valence-electron chi connectivity index (χ1n) is 6.70. The van der Waals surface area contributed by atoms with E-state index in [4.69, 9.17) is 0 Å². The molecule has 0 amide bonds. The summed E-state index contributed by atoms with van der Waals surface area (Å²) in [7, 11) is -3.53. The summed E-state index contributed by atoms with van der Waals surface area (Å²) in [6.07, 6.45) is 2.51. The molecule has 0 N–H and O–H groups in total. The van der Waals surface area contributed by atoms with Gasteiger partial charge in [0.25, 0.3) is 0 Å². The van der Waals surface area contributed by atoms with Crippen LogP contribution in [0, 0.1) is 5.82 Å². The van der Waals surface area contributed by atoms with Crippen molar-refractivity contribution in [1.29, 1.82) is 0 Å². The summed E-state index contributed by atoms with van der Waals surface area (Å²) < 4.78 is 39.5. The van der Waals surface area contributed by atoms with Crippen LogP contribution in [0.1, 0.15) is 40.0 Å². The molecule has 0 radical (unpaired) electrons. The number of rotatable bonds is 7. The predicted molar refractivity (Wildman–Crippen MR) is 75.0 cm³/mol. The Balaban J connectivity index is 3.07. The molecule has 5 heteroatoms. The molecule has 0 aliphatic heterocycles. The van der Waals surface area contributed by atoms with Crippen molar-refractivity contribution in [3.05, 3.63) is 30.1 Å². The lowest BCUT2D eigenvalue weighted by Crippen LogP contribution is -2.39. The fourth-order valence-electron chi connectivity index (χ4n) is 1.84. The van der Waals surface area contributed by atoms with Crippen molar-refractivity contribution in [3.63, 3.8) is 0 Å². The topological polar surface area (TPSA) is 37.4 Å². The van der Waals surface area contributed by atoms with E-state index in [1.807, 2.05) is 20.8 Å². The Morgan fingerprint density at radius 1 is 1.21 bits per heavy atom. The molecule has 0 saturated carbocycles. The summed E-state index contributed by atoms with van der Waals surface area (Å²) in [6.45, 7) is 6.39. The molecular weight excluding hydrogens is 265 g/mol. The van der Waals surface area contributed by atoms with Gasteiger partial charge >= 0.3 is 0 Å². The number of benzene rings is 1. The van der Waals surface area contributed by atoms with E-state index in [0.29, 0.717) is 6.54 Å². The van der Waals surface area contributed by atoms with E-state index in [1.54, 1.807) is 0 Å². The average molecular weight is 287 g/mol. The number of unbranched alkanes of at least 4 members (excludes halogenated alkanes) is 1. The fourth-order valence-corrected chi connectivity index (χ4v) is 3.58. The lowest BCUT2D eigenvalue weighted by molar-refractivity contribution is 0.324. The highest BCUT2D eigenvalue weighted by atomic mass is 32.2. The van der Waals surface area contributed by atoms with E-state index in [2.05, 4.69) is 0 Å². The van der Waals surface area contributed by atoms with Crippen molar-refractivity contribution in [2.75, 3.05) is 6.54 Å². The van der Waals surface area contributed by atoms with E-state index in [1.165, 1.54) is 28.6 Å². The summed E-state index contributed by atoms with van der Waals surface area (Å²) >= 11 is 0. The number of halogens is 1. The van der Waals surface area contributed by atoms with Crippen LogP contribution in [0.3, 0.4) is 0 Å². The Bertz CT molecular complexity index is 485. The van der Waals surface area contributed by atoms with Gasteiger partial charge < -0.3 is 0 Å². The molecule has 1 unspecified atom stereocenters. The first-order valence-corrected chi connectivity index (χ1v) is 8.14. The van der Waals surface area contributed by atoms with Crippen molar-refractivity contribution in [3.8, 4) is 0 Å². The first kappa shape index (κ1) is 16.1. The van der Waals surface area contributed by atoms with Gasteiger partial charge in [0, 0.05) is 12.6 Å². The molecule has 19 heavy (non-hydrogen) atoms. The van der Waals surface area contributed by atoms with Crippen LogP contribution < -0.4 is 0 Å². The Labute approximate surface area is 115 Å². The molecule has 0 aliphatic rings. The van der Waals surface area contributed by atoms with Crippen molar-refractivity contribution in [2.45, 2.75) is 51.0 Å². The third kappa shape index (κ3) is 4.01. The highest BCUT2D eigenvalue weighted by molar-refractivity contribution is 7.89. The van der Waals surface area contributed by atoms with Gasteiger partial charge in [-0.1, -0.05) is 20.3 Å². The first-order chi connectivity index (χ1) is 8.93. The summed E-state index contributed by atoms with van der Waals surface area (Å²) in [4.78, 5) is 0.158. The molecular formula is C14H22FNO2S. The number of hydrogen-bond acceptors (Lipinski definition) is 2. The molecule has 1 aromatic rings. The molecule has 0 fully saturated rings. The third-order valence-electron chi connectivity index (χ3n) is 3.23. The fraction of sp³-hybridized carbons (Fsp3) is 0.571. The number of nitrogens with zero attached hydrogens (tertiary/aromatic N) is 1. The predicted octanol–water partition coefficient (Wildman–Crippen LogP) is 3.42. The van der Waals surface area contributed by atoms with Crippen molar-refractivity contribution in [2.24, 2.45) is 0 Å². The van der Waals surface area contributed by atoms with Crippen molar-refractivity contribution in [1.82, 2.24) is 4.31 Å². The van der Waals surface area contributed by atoms with Crippen LogP contribution in [0.5, 0.6) is 0 Å². The van der Waals surface area contributed by atoms with E-state index < -0.39 is 15.8 Å². The third-order valence-corrected chi connectivity index (χ3v) is 5.26. The SMILES string of the molecule is CCCCN(C(C)CC)S(=O)(=O)c1ccc(F)cc1. The molecule has 1 rings (SSSR count). The van der Waals surface area contributed by atoms with Crippen LogP contribution in [0.15, 0.2) is 29.2 Å². The van der Waals surface area contributed by atoms with E-state index >= 15 is 0 Å². The van der Waals surface area contributed by atoms with Crippen molar-refractivity contribution < 1.29 is 12.8 Å². The second-order valence-corrected chi connectivity index (χ2v) is 6.57. The van der Waals surface area contributed by atoms with Gasteiger partial charge in [0.2, 0.25) is 10.0 Å². The van der Waals surface area contributed by atoms with Crippen LogP contribution in [0.25, 0.3) is 0 Å². The monoisotopic (exact) mass is 287 g/mol. The minimum atomic E-state index is -3.53. The zero-order chi connectivity index (χ0) is 14.5. The average Bonchev–Trinajstić information content (AvgIpc) is 2.39. The Kier molecular flexibility index (Phi) is 5.94. The van der Waals surface area contributed by atoms with Crippen LogP contribution >= 0.6 is 0 Å². The summed E-state index contributed by atoms with van der Waals surface area (Å²) in [5, 5.41) is 0. The van der Waals surface area contributed by atoms with E-state index in [9.17, 15) is 12.8 Å². The lowest BCUT2D eigenvalue weighted by atomic mass is 10.2. The molecule has 0 heterocycles. The molecule has 3 nitrogen and oxygen atoms in total. The van der Waals surface area contributed by atoms with Gasteiger partial charge in [0.15, 0.2) is 0 Å². The number of hydrogen-bond donors (Lipinski definition) is 0. The molecule has 0 aromatic heterocycles. The second kappa shape index (κ2) is 7.01. The van der Waals surface area contributed by atoms with Crippen LogP contribution in [0.4, 0.5) is 4.39 Å². The Morgan fingerprint density at radius 3 is 2.26 bits per heavy atom. The van der Waals surface area contributed by atoms with E-state index in [0.717, 1.165) is 19.3 Å². The van der Waals surface area contributed by atoms with Gasteiger partial charge in [-0.15, -0.1) is 0 Å². The highest BCUT2D eigenvalue weighted by Crippen LogP contribution is 2.20. The maximum atomic E-state index is 12.9. The zero-order valence-electron chi connectivity index (χ0n) is 11.8. The number of sulfonamides is 1. The maximum Gasteiger partial charge on any atom is 0.243 e. The molecule has 1 aromatic carbocycles. The van der Waals surface area contributed by atoms with Crippen LogP contribution in [0.2, 0.25) is 0 Å². The lowest BCUT2D eigenvalue weighted by Gasteiger charge is -2.27. The van der Waals surface area contributed by atoms with E-state index in [-0.39, 0.29) is 10.9 Å². The summed E-state index contributed by atoms with van der Waals surface area (Å²) in [6, 6.07) is 4.96. The maximum absolute atomic E-state index is 12.9. The van der Waals surface area contributed by atoms with Gasteiger partial charge in [0.05, 0.1) is 4.90 Å². The summed E-state index contributed by atoms with van der Waals surface area (Å²) in [5.41, 5.74) is 0. The smallest absolute Gasteiger partial charge is 0.207 e. The highest BCUT2D eigenvalue weighted by Gasteiger charge is 2.27. The van der Waals surface area contributed by atoms with Crippen LogP contribution in [-0.2, 0) is 10.0 Å².